The van der Waals surface area contributed by atoms with Gasteiger partial charge in [0.05, 0.1) is 6.10 Å². The van der Waals surface area contributed by atoms with E-state index in [4.69, 9.17) is 4.74 Å². The van der Waals surface area contributed by atoms with Crippen molar-refractivity contribution >= 4 is 5.91 Å². The molecule has 0 unspecified atom stereocenters. The number of benzene rings is 1. The largest absolute Gasteiger partial charge is 0.491 e. The van der Waals surface area contributed by atoms with Crippen molar-refractivity contribution in [3.63, 3.8) is 0 Å². The fourth-order valence-corrected chi connectivity index (χ4v) is 2.83. The molecule has 21 heavy (non-hydrogen) atoms. The van der Waals surface area contributed by atoms with E-state index in [9.17, 15) is 4.79 Å². The van der Waals surface area contributed by atoms with Crippen molar-refractivity contribution in [3.05, 3.63) is 29.8 Å². The van der Waals surface area contributed by atoms with E-state index >= 15 is 0 Å². The van der Waals surface area contributed by atoms with Crippen molar-refractivity contribution in [2.75, 3.05) is 19.6 Å². The third-order valence-corrected chi connectivity index (χ3v) is 3.80. The molecular formula is C17H26N2O2. The molecule has 1 aliphatic rings. The van der Waals surface area contributed by atoms with Gasteiger partial charge in [-0.15, -0.1) is 0 Å². The summed E-state index contributed by atoms with van der Waals surface area (Å²) in [6, 6.07) is 7.86. The molecule has 1 fully saturated rings. The number of nitrogens with zero attached hydrogens (tertiary/aromatic N) is 1. The molecule has 2 rings (SSSR count). The number of carbonyl (C=O) groups is 1. The summed E-state index contributed by atoms with van der Waals surface area (Å²) >= 11 is 0. The smallest absolute Gasteiger partial charge is 0.254 e. The van der Waals surface area contributed by atoms with Gasteiger partial charge in [0, 0.05) is 18.2 Å². The van der Waals surface area contributed by atoms with Gasteiger partial charge < -0.3 is 15.0 Å². The maximum atomic E-state index is 12.8. The van der Waals surface area contributed by atoms with Gasteiger partial charge in [0.15, 0.2) is 0 Å². The van der Waals surface area contributed by atoms with E-state index in [1.54, 1.807) is 0 Å². The van der Waals surface area contributed by atoms with Gasteiger partial charge in [0.25, 0.3) is 5.91 Å². The maximum absolute atomic E-state index is 12.8. The molecular weight excluding hydrogens is 264 g/mol. The fraction of sp³-hybridized carbons (Fsp3) is 0.588. The molecule has 1 N–H and O–H groups in total. The first-order valence-electron chi connectivity index (χ1n) is 7.90. The van der Waals surface area contributed by atoms with Gasteiger partial charge in [0.2, 0.25) is 0 Å². The molecule has 4 heteroatoms. The predicted molar refractivity (Wildman–Crippen MR) is 84.8 cm³/mol. The summed E-state index contributed by atoms with van der Waals surface area (Å²) in [6.45, 7) is 8.76. The molecule has 0 aliphatic carbocycles. The second-order valence-electron chi connectivity index (χ2n) is 5.77. The highest BCUT2D eigenvalue weighted by Gasteiger charge is 2.25. The summed E-state index contributed by atoms with van der Waals surface area (Å²) in [7, 11) is 0. The van der Waals surface area contributed by atoms with Crippen LogP contribution in [0.2, 0.25) is 0 Å². The van der Waals surface area contributed by atoms with Gasteiger partial charge in [0.1, 0.15) is 5.75 Å². The first-order valence-corrected chi connectivity index (χ1v) is 7.90. The summed E-state index contributed by atoms with van der Waals surface area (Å²) in [4.78, 5) is 14.8. The number of ether oxygens (including phenoxy) is 1. The van der Waals surface area contributed by atoms with Gasteiger partial charge in [-0.05, 0) is 64.9 Å². The molecule has 1 amide bonds. The summed E-state index contributed by atoms with van der Waals surface area (Å²) in [5, 5.41) is 3.35. The molecule has 1 aromatic rings. The molecule has 0 radical (unpaired) electrons. The van der Waals surface area contributed by atoms with E-state index in [2.05, 4.69) is 12.2 Å². The van der Waals surface area contributed by atoms with Crippen LogP contribution in [0.1, 0.15) is 44.0 Å². The van der Waals surface area contributed by atoms with Crippen LogP contribution in [0, 0.1) is 0 Å². The highest BCUT2D eigenvalue weighted by atomic mass is 16.5. The third kappa shape index (κ3) is 4.21. The molecule has 0 spiro atoms. The van der Waals surface area contributed by atoms with Gasteiger partial charge in [-0.1, -0.05) is 6.07 Å². The van der Waals surface area contributed by atoms with E-state index in [-0.39, 0.29) is 12.0 Å². The Labute approximate surface area is 127 Å². The molecule has 1 aliphatic heterocycles. The topological polar surface area (TPSA) is 41.6 Å². The average molecular weight is 290 g/mol. The summed E-state index contributed by atoms with van der Waals surface area (Å²) in [6.07, 6.45) is 2.17. The molecule has 1 heterocycles. The zero-order chi connectivity index (χ0) is 15.2. The SMILES string of the molecule is CCN(C(=O)c1cccc(OC(C)C)c1)C1CCNCC1. The minimum Gasteiger partial charge on any atom is -0.491 e. The van der Waals surface area contributed by atoms with E-state index in [1.807, 2.05) is 43.0 Å². The number of nitrogens with one attached hydrogen (secondary N) is 1. The molecule has 0 atom stereocenters. The highest BCUT2D eigenvalue weighted by Crippen LogP contribution is 2.19. The number of rotatable bonds is 5. The average Bonchev–Trinajstić information content (AvgIpc) is 2.48. The van der Waals surface area contributed by atoms with Crippen LogP contribution in [0.4, 0.5) is 0 Å². The Kier molecular flexibility index (Phi) is 5.62. The third-order valence-electron chi connectivity index (χ3n) is 3.80. The van der Waals surface area contributed by atoms with Crippen LogP contribution in [0.25, 0.3) is 0 Å². The Morgan fingerprint density at radius 2 is 2.10 bits per heavy atom. The summed E-state index contributed by atoms with van der Waals surface area (Å²) in [5.41, 5.74) is 0.716. The molecule has 116 valence electrons. The molecule has 0 aromatic heterocycles. The van der Waals surface area contributed by atoms with Crippen LogP contribution in [-0.4, -0.2) is 42.6 Å². The first kappa shape index (κ1) is 15.8. The maximum Gasteiger partial charge on any atom is 0.254 e. The molecule has 1 saturated heterocycles. The Morgan fingerprint density at radius 3 is 2.71 bits per heavy atom. The van der Waals surface area contributed by atoms with E-state index in [1.165, 1.54) is 0 Å². The second-order valence-corrected chi connectivity index (χ2v) is 5.77. The minimum absolute atomic E-state index is 0.110. The van der Waals surface area contributed by atoms with E-state index in [0.717, 1.165) is 38.2 Å². The zero-order valence-electron chi connectivity index (χ0n) is 13.3. The lowest BCUT2D eigenvalue weighted by molar-refractivity contribution is 0.0655. The van der Waals surface area contributed by atoms with Crippen LogP contribution in [0.3, 0.4) is 0 Å². The number of hydrogen-bond acceptors (Lipinski definition) is 3. The lowest BCUT2D eigenvalue weighted by Gasteiger charge is -2.34. The molecule has 0 saturated carbocycles. The first-order chi connectivity index (χ1) is 10.1. The van der Waals surface area contributed by atoms with Gasteiger partial charge >= 0.3 is 0 Å². The van der Waals surface area contributed by atoms with E-state index < -0.39 is 0 Å². The van der Waals surface area contributed by atoms with Crippen molar-refractivity contribution in [2.24, 2.45) is 0 Å². The van der Waals surface area contributed by atoms with Gasteiger partial charge in [-0.3, -0.25) is 4.79 Å². The Bertz CT molecular complexity index is 468. The number of hydrogen-bond donors (Lipinski definition) is 1. The normalized spacial score (nSPS) is 16.0. The lowest BCUT2D eigenvalue weighted by Crippen LogP contribution is -2.46. The molecule has 4 nitrogen and oxygen atoms in total. The predicted octanol–water partition coefficient (Wildman–Crippen LogP) is 2.69. The lowest BCUT2D eigenvalue weighted by atomic mass is 10.0. The highest BCUT2D eigenvalue weighted by molar-refractivity contribution is 5.94. The Balaban J connectivity index is 2.13. The Morgan fingerprint density at radius 1 is 1.38 bits per heavy atom. The van der Waals surface area contributed by atoms with Crippen LogP contribution in [-0.2, 0) is 0 Å². The van der Waals surface area contributed by atoms with Gasteiger partial charge in [-0.2, -0.15) is 0 Å². The van der Waals surface area contributed by atoms with Crippen molar-refractivity contribution in [2.45, 2.75) is 45.8 Å². The van der Waals surface area contributed by atoms with Crippen LogP contribution in [0.5, 0.6) is 5.75 Å². The van der Waals surface area contributed by atoms with Crippen molar-refractivity contribution in [3.8, 4) is 5.75 Å². The number of carbonyl (C=O) groups excluding carboxylic acids is 1. The quantitative estimate of drug-likeness (QED) is 0.906. The number of amides is 1. The van der Waals surface area contributed by atoms with E-state index in [0.29, 0.717) is 11.6 Å². The standard InChI is InChI=1S/C17H26N2O2/c1-4-19(15-8-10-18-11-9-15)17(20)14-6-5-7-16(12-14)21-13(2)3/h5-7,12-13,15,18H,4,8-11H2,1-3H3. The molecule has 0 bridgehead atoms. The van der Waals surface area contributed by atoms with Crippen LogP contribution in [0.15, 0.2) is 24.3 Å². The summed E-state index contributed by atoms with van der Waals surface area (Å²) < 4.78 is 5.68. The summed E-state index contributed by atoms with van der Waals surface area (Å²) in [5.74, 6) is 0.871. The van der Waals surface area contributed by atoms with Crippen molar-refractivity contribution < 1.29 is 9.53 Å². The van der Waals surface area contributed by atoms with Crippen molar-refractivity contribution in [1.82, 2.24) is 10.2 Å². The van der Waals surface area contributed by atoms with Crippen molar-refractivity contribution in [1.29, 1.82) is 0 Å². The van der Waals surface area contributed by atoms with Crippen LogP contribution >= 0.6 is 0 Å². The molecule has 1 aromatic carbocycles. The zero-order valence-corrected chi connectivity index (χ0v) is 13.3. The van der Waals surface area contributed by atoms with Crippen LogP contribution < -0.4 is 10.1 Å². The van der Waals surface area contributed by atoms with Gasteiger partial charge in [-0.25, -0.2) is 0 Å². The fourth-order valence-electron chi connectivity index (χ4n) is 2.83. The number of piperidine rings is 1. The monoisotopic (exact) mass is 290 g/mol. The minimum atomic E-state index is 0.110. The second kappa shape index (κ2) is 7.46. The Hall–Kier alpha value is -1.55.